The van der Waals surface area contributed by atoms with Gasteiger partial charge < -0.3 is 14.5 Å². The van der Waals surface area contributed by atoms with Crippen LogP contribution < -0.4 is 4.90 Å². The summed E-state index contributed by atoms with van der Waals surface area (Å²) in [4.78, 5) is 16.9. The number of hydrogen-bond donors (Lipinski definition) is 0. The minimum Gasteiger partial charge on any atom is -0.375 e. The highest BCUT2D eigenvalue weighted by Crippen LogP contribution is 2.35. The molecule has 10 heteroatoms. The van der Waals surface area contributed by atoms with E-state index in [4.69, 9.17) is 10.00 Å². The molecule has 7 nitrogen and oxygen atoms in total. The SMILES string of the molecule is Cc1nn(C)cc1C(=O)N1CCN(c2ccc(C#N)c(C(F)(F)F)c2)CC1COCc1ccccc1. The smallest absolute Gasteiger partial charge is 0.375 e. The van der Waals surface area contributed by atoms with Gasteiger partial charge in [0, 0.05) is 38.6 Å². The van der Waals surface area contributed by atoms with Crippen LogP contribution in [0.2, 0.25) is 0 Å². The topological polar surface area (TPSA) is 74.4 Å². The van der Waals surface area contributed by atoms with Gasteiger partial charge in [0.05, 0.1) is 47.7 Å². The number of rotatable bonds is 6. The number of nitriles is 1. The van der Waals surface area contributed by atoms with E-state index >= 15 is 0 Å². The number of alkyl halides is 3. The molecule has 0 spiro atoms. The molecule has 1 saturated heterocycles. The lowest BCUT2D eigenvalue weighted by Crippen LogP contribution is -2.57. The molecule has 1 fully saturated rings. The molecule has 1 aliphatic rings. The Labute approximate surface area is 207 Å². The average Bonchev–Trinajstić information content (AvgIpc) is 3.21. The van der Waals surface area contributed by atoms with E-state index in [9.17, 15) is 18.0 Å². The van der Waals surface area contributed by atoms with E-state index in [1.807, 2.05) is 30.3 Å². The number of carbonyl (C=O) groups is 1. The van der Waals surface area contributed by atoms with Crippen molar-refractivity contribution in [1.82, 2.24) is 14.7 Å². The molecule has 1 atom stereocenters. The number of amides is 1. The Kier molecular flexibility index (Phi) is 7.31. The molecule has 0 aliphatic carbocycles. The number of aryl methyl sites for hydroxylation is 2. The summed E-state index contributed by atoms with van der Waals surface area (Å²) in [5, 5.41) is 13.4. The quantitative estimate of drug-likeness (QED) is 0.511. The number of aromatic nitrogens is 2. The number of halogens is 3. The van der Waals surface area contributed by atoms with Gasteiger partial charge in [-0.1, -0.05) is 30.3 Å². The Hall–Kier alpha value is -3.84. The molecule has 0 N–H and O–H groups in total. The van der Waals surface area contributed by atoms with Crippen LogP contribution in [0, 0.1) is 18.3 Å². The minimum absolute atomic E-state index is 0.190. The van der Waals surface area contributed by atoms with Gasteiger partial charge >= 0.3 is 6.18 Å². The Morgan fingerprint density at radius 1 is 1.19 bits per heavy atom. The maximum atomic E-state index is 13.5. The third-order valence-electron chi connectivity index (χ3n) is 6.20. The highest BCUT2D eigenvalue weighted by Gasteiger charge is 2.36. The van der Waals surface area contributed by atoms with Gasteiger partial charge in [0.1, 0.15) is 0 Å². The lowest BCUT2D eigenvalue weighted by atomic mass is 10.0. The number of carbonyl (C=O) groups excluding carboxylic acids is 1. The standard InChI is InChI=1S/C26H26F3N5O2/c1-18-23(15-32(2)31-18)25(35)34-11-10-33(14-22(34)17-36-16-19-6-4-3-5-7-19)21-9-8-20(13-30)24(12-21)26(27,28)29/h3-9,12,15,22H,10-11,14,16-17H2,1-2H3. The Bertz CT molecular complexity index is 1270. The summed E-state index contributed by atoms with van der Waals surface area (Å²) < 4.78 is 48.1. The third kappa shape index (κ3) is 5.52. The first kappa shape index (κ1) is 25.3. The van der Waals surface area contributed by atoms with Gasteiger partial charge in [-0.05, 0) is 30.7 Å². The highest BCUT2D eigenvalue weighted by atomic mass is 19.4. The molecule has 0 bridgehead atoms. The molecule has 2 heterocycles. The van der Waals surface area contributed by atoms with E-state index in [1.54, 1.807) is 40.7 Å². The van der Waals surface area contributed by atoms with Crippen molar-refractivity contribution < 1.29 is 22.7 Å². The van der Waals surface area contributed by atoms with Gasteiger partial charge in [0.2, 0.25) is 0 Å². The molecule has 1 aromatic heterocycles. The summed E-state index contributed by atoms with van der Waals surface area (Å²) in [6.07, 6.45) is -2.98. The zero-order chi connectivity index (χ0) is 25.9. The van der Waals surface area contributed by atoms with Crippen LogP contribution in [0.25, 0.3) is 0 Å². The van der Waals surface area contributed by atoms with Crippen molar-refractivity contribution in [2.24, 2.45) is 7.05 Å². The predicted molar refractivity (Wildman–Crippen MR) is 127 cm³/mol. The van der Waals surface area contributed by atoms with Crippen molar-refractivity contribution in [2.75, 3.05) is 31.1 Å². The Morgan fingerprint density at radius 2 is 1.94 bits per heavy atom. The first-order chi connectivity index (χ1) is 17.2. The lowest BCUT2D eigenvalue weighted by Gasteiger charge is -2.42. The van der Waals surface area contributed by atoms with Gasteiger partial charge in [-0.3, -0.25) is 9.48 Å². The minimum atomic E-state index is -4.64. The van der Waals surface area contributed by atoms with Gasteiger partial charge in [-0.2, -0.15) is 23.5 Å². The number of ether oxygens (including phenoxy) is 1. The summed E-state index contributed by atoms with van der Waals surface area (Å²) >= 11 is 0. The summed E-state index contributed by atoms with van der Waals surface area (Å²) in [5.74, 6) is -0.190. The highest BCUT2D eigenvalue weighted by molar-refractivity contribution is 5.95. The van der Waals surface area contributed by atoms with Crippen molar-refractivity contribution in [3.63, 3.8) is 0 Å². The molecule has 0 saturated carbocycles. The molecule has 2 aromatic carbocycles. The number of hydrogen-bond acceptors (Lipinski definition) is 5. The Morgan fingerprint density at radius 3 is 2.58 bits per heavy atom. The van der Waals surface area contributed by atoms with E-state index in [1.165, 1.54) is 12.1 Å². The molecule has 4 rings (SSSR count). The molecule has 188 valence electrons. The van der Waals surface area contributed by atoms with E-state index in [2.05, 4.69) is 5.10 Å². The normalized spacial score (nSPS) is 16.2. The van der Waals surface area contributed by atoms with Crippen LogP contribution >= 0.6 is 0 Å². The van der Waals surface area contributed by atoms with Crippen molar-refractivity contribution in [1.29, 1.82) is 5.26 Å². The average molecular weight is 498 g/mol. The molecule has 0 radical (unpaired) electrons. The molecular formula is C26H26F3N5O2. The van der Waals surface area contributed by atoms with Crippen LogP contribution in [-0.4, -0.2) is 52.9 Å². The summed E-state index contributed by atoms with van der Waals surface area (Å²) in [7, 11) is 1.74. The second-order valence-electron chi connectivity index (χ2n) is 8.74. The van der Waals surface area contributed by atoms with Gasteiger partial charge in [0.15, 0.2) is 0 Å². The van der Waals surface area contributed by atoms with Crippen molar-refractivity contribution in [2.45, 2.75) is 25.7 Å². The molecule has 36 heavy (non-hydrogen) atoms. The maximum Gasteiger partial charge on any atom is 0.417 e. The van der Waals surface area contributed by atoms with Crippen molar-refractivity contribution in [3.8, 4) is 6.07 Å². The zero-order valence-corrected chi connectivity index (χ0v) is 20.0. The first-order valence-electron chi connectivity index (χ1n) is 11.5. The summed E-state index contributed by atoms with van der Waals surface area (Å²) in [5.41, 5.74) is 1.03. The van der Waals surface area contributed by atoms with Crippen LogP contribution in [0.4, 0.5) is 18.9 Å². The van der Waals surface area contributed by atoms with E-state index in [-0.39, 0.29) is 19.1 Å². The number of anilines is 1. The number of piperazine rings is 1. The van der Waals surface area contributed by atoms with Crippen LogP contribution in [-0.2, 0) is 24.6 Å². The lowest BCUT2D eigenvalue weighted by molar-refractivity contribution is -0.137. The van der Waals surface area contributed by atoms with Crippen LogP contribution in [0.1, 0.15) is 32.7 Å². The van der Waals surface area contributed by atoms with Crippen LogP contribution in [0.3, 0.4) is 0 Å². The zero-order valence-electron chi connectivity index (χ0n) is 20.0. The monoisotopic (exact) mass is 497 g/mol. The summed E-state index contributed by atoms with van der Waals surface area (Å²) in [6.45, 7) is 3.24. The van der Waals surface area contributed by atoms with Gasteiger partial charge in [-0.25, -0.2) is 0 Å². The van der Waals surface area contributed by atoms with E-state index < -0.39 is 23.3 Å². The van der Waals surface area contributed by atoms with Gasteiger partial charge in [0.25, 0.3) is 5.91 Å². The molecule has 1 unspecified atom stereocenters. The fraction of sp³-hybridized carbons (Fsp3) is 0.346. The second kappa shape index (κ2) is 10.4. The molecule has 1 aliphatic heterocycles. The molecule has 3 aromatic rings. The van der Waals surface area contributed by atoms with Gasteiger partial charge in [-0.15, -0.1) is 0 Å². The second-order valence-corrected chi connectivity index (χ2v) is 8.74. The third-order valence-corrected chi connectivity index (χ3v) is 6.20. The fourth-order valence-electron chi connectivity index (χ4n) is 4.41. The van der Waals surface area contributed by atoms with Crippen molar-refractivity contribution >= 4 is 11.6 Å². The largest absolute Gasteiger partial charge is 0.417 e. The van der Waals surface area contributed by atoms with E-state index in [0.29, 0.717) is 36.6 Å². The van der Waals surface area contributed by atoms with Crippen molar-refractivity contribution in [3.05, 3.63) is 82.7 Å². The van der Waals surface area contributed by atoms with Crippen LogP contribution in [0.15, 0.2) is 54.7 Å². The molecular weight excluding hydrogens is 471 g/mol. The number of nitrogens with zero attached hydrogens (tertiary/aromatic N) is 5. The predicted octanol–water partition coefficient (Wildman–Crippen LogP) is 4.17. The molecule has 1 amide bonds. The van der Waals surface area contributed by atoms with E-state index in [0.717, 1.165) is 11.6 Å². The maximum absolute atomic E-state index is 13.5. The first-order valence-corrected chi connectivity index (χ1v) is 11.5. The fourth-order valence-corrected chi connectivity index (χ4v) is 4.41. The number of benzene rings is 2. The van der Waals surface area contributed by atoms with Crippen LogP contribution in [0.5, 0.6) is 0 Å². The summed E-state index contributed by atoms with van der Waals surface area (Å²) in [6, 6.07) is 14.5. The Balaban J connectivity index is 1.57.